The Kier molecular flexibility index (Phi) is 11.4. The highest BCUT2D eigenvalue weighted by Crippen LogP contribution is 2.54. The van der Waals surface area contributed by atoms with Crippen LogP contribution in [0.1, 0.15) is 76.3 Å². The molecule has 0 saturated heterocycles. The van der Waals surface area contributed by atoms with Gasteiger partial charge in [0, 0.05) is 54.6 Å². The Bertz CT molecular complexity index is 2200. The fraction of sp³-hybridized carbons (Fsp3) is 0.250. The van der Waals surface area contributed by atoms with E-state index >= 15 is 0 Å². The second-order valence-corrected chi connectivity index (χ2v) is 15.7. The predicted octanol–water partition coefficient (Wildman–Crippen LogP) is 15.6. The highest BCUT2D eigenvalue weighted by molar-refractivity contribution is 7.58. The normalized spacial score (nSPS) is 13.3. The van der Waals surface area contributed by atoms with E-state index in [1.807, 2.05) is 62.4 Å². The van der Waals surface area contributed by atoms with Gasteiger partial charge in [0.1, 0.15) is 34.1 Å². The van der Waals surface area contributed by atoms with Crippen LogP contribution in [0.25, 0.3) is 64.4 Å². The Morgan fingerprint density at radius 1 is 0.519 bits per heavy atom. The topological polar surface area (TPSA) is 50.5 Å². The summed E-state index contributed by atoms with van der Waals surface area (Å²) in [5.74, 6) is -2.99. The maximum Gasteiger partial charge on any atom is 0.161 e. The maximum absolute atomic E-state index is 14.8. The van der Waals surface area contributed by atoms with Crippen LogP contribution >= 0.6 is 34.4 Å². The highest BCUT2D eigenvalue weighted by Gasteiger charge is 2.28. The van der Waals surface area contributed by atoms with E-state index in [2.05, 4.69) is 0 Å². The number of unbranched alkanes of at least 4 members (excludes halogenated alkanes) is 4. The molecular formula is C40H34F4N4S4. The second-order valence-electron chi connectivity index (χ2n) is 12.5. The number of hydrogen-bond donors (Lipinski definition) is 0. The molecule has 0 amide bonds. The molecule has 0 spiro atoms. The summed E-state index contributed by atoms with van der Waals surface area (Å²) in [6, 6.07) is 21.8. The fourth-order valence-corrected chi connectivity index (χ4v) is 9.37. The highest BCUT2D eigenvalue weighted by atomic mass is 32.1. The monoisotopic (exact) mass is 774 g/mol. The molecule has 0 fully saturated rings. The number of nitrogens with zero attached hydrogens (tertiary/aromatic N) is 4. The molecule has 12 heteroatoms. The summed E-state index contributed by atoms with van der Waals surface area (Å²) in [7, 11) is 0. The Morgan fingerprint density at radius 3 is 1.33 bits per heavy atom. The van der Waals surface area contributed by atoms with Gasteiger partial charge in [-0.15, -0.1) is 22.7 Å². The predicted molar refractivity (Wildman–Crippen MR) is 213 cm³/mol. The van der Waals surface area contributed by atoms with Crippen LogP contribution < -0.4 is 0 Å². The zero-order chi connectivity index (χ0) is 36.2. The minimum Gasteiger partial charge on any atom is -0.209 e. The van der Waals surface area contributed by atoms with Crippen LogP contribution in [0.15, 0.2) is 93.2 Å². The van der Waals surface area contributed by atoms with Crippen molar-refractivity contribution >= 4 is 79.8 Å². The van der Waals surface area contributed by atoms with Crippen molar-refractivity contribution in [1.29, 1.82) is 0 Å². The lowest BCUT2D eigenvalue weighted by Crippen LogP contribution is -1.85. The molecule has 0 unspecified atom stereocenters. The summed E-state index contributed by atoms with van der Waals surface area (Å²) >= 11 is 5.39. The molecule has 4 nitrogen and oxygen atoms in total. The van der Waals surface area contributed by atoms with Gasteiger partial charge in [-0.25, -0.2) is 17.6 Å². The van der Waals surface area contributed by atoms with Gasteiger partial charge < -0.3 is 0 Å². The first-order valence-electron chi connectivity index (χ1n) is 17.3. The molecule has 1 aliphatic rings. The molecule has 7 rings (SSSR count). The number of hydrogen-bond acceptors (Lipinski definition) is 7. The number of halogens is 4. The van der Waals surface area contributed by atoms with E-state index in [-0.39, 0.29) is 24.0 Å². The van der Waals surface area contributed by atoms with Gasteiger partial charge >= 0.3 is 0 Å². The minimum absolute atomic E-state index is 0.110. The van der Waals surface area contributed by atoms with Crippen LogP contribution in [0.3, 0.4) is 0 Å². The van der Waals surface area contributed by atoms with Crippen molar-refractivity contribution < 1.29 is 17.6 Å². The van der Waals surface area contributed by atoms with Crippen LogP contribution in [-0.2, 0) is 11.4 Å². The Hall–Kier alpha value is -4.10. The van der Waals surface area contributed by atoms with Gasteiger partial charge in [0.2, 0.25) is 0 Å². The van der Waals surface area contributed by atoms with Gasteiger partial charge in [-0.1, -0.05) is 88.1 Å². The van der Waals surface area contributed by atoms with Crippen LogP contribution in [0.4, 0.5) is 28.9 Å². The molecule has 0 aliphatic carbocycles. The summed E-state index contributed by atoms with van der Waals surface area (Å²) in [4.78, 5) is 3.83. The summed E-state index contributed by atoms with van der Waals surface area (Å²) in [6.07, 6.45) is 5.11. The largest absolute Gasteiger partial charge is 0.209 e. The smallest absolute Gasteiger partial charge is 0.161 e. The van der Waals surface area contributed by atoms with Gasteiger partial charge in [0.25, 0.3) is 0 Å². The molecule has 0 N–H and O–H groups in total. The third-order valence-corrected chi connectivity index (χ3v) is 12.3. The lowest BCUT2D eigenvalue weighted by Gasteiger charge is -2.09. The van der Waals surface area contributed by atoms with E-state index in [1.54, 1.807) is 46.9 Å². The zero-order valence-electron chi connectivity index (χ0n) is 28.5. The summed E-state index contributed by atoms with van der Waals surface area (Å²) in [6.45, 7) is 4.06. The molecule has 4 heterocycles. The molecule has 3 aromatic heterocycles. The summed E-state index contributed by atoms with van der Waals surface area (Å²) in [5.41, 5.74) is 6.91. The minimum atomic E-state index is -0.796. The van der Waals surface area contributed by atoms with Crippen molar-refractivity contribution in [2.45, 2.75) is 65.2 Å². The third kappa shape index (κ3) is 7.39. The molecule has 6 aromatic rings. The first kappa shape index (κ1) is 36.3. The Balaban J connectivity index is 1.17. The number of thiophene rings is 2. The summed E-state index contributed by atoms with van der Waals surface area (Å²) < 4.78 is 77.2. The first-order valence-corrected chi connectivity index (χ1v) is 20.4. The van der Waals surface area contributed by atoms with Crippen molar-refractivity contribution in [3.8, 4) is 41.8 Å². The molecule has 266 valence electrons. The molecule has 0 atom stereocenters. The number of aromatic nitrogens is 2. The van der Waals surface area contributed by atoms with Crippen molar-refractivity contribution in [3.05, 3.63) is 95.6 Å². The van der Waals surface area contributed by atoms with E-state index in [1.165, 1.54) is 0 Å². The third-order valence-electron chi connectivity index (χ3n) is 8.95. The van der Waals surface area contributed by atoms with Crippen LogP contribution in [0, 0.1) is 0 Å². The molecule has 52 heavy (non-hydrogen) atoms. The molecule has 3 aromatic carbocycles. The van der Waals surface area contributed by atoms with E-state index in [9.17, 15) is 17.6 Å². The van der Waals surface area contributed by atoms with Crippen LogP contribution in [0.2, 0.25) is 0 Å². The lowest BCUT2D eigenvalue weighted by atomic mass is 10.0. The van der Waals surface area contributed by atoms with Crippen molar-refractivity contribution in [2.75, 3.05) is 0 Å². The van der Waals surface area contributed by atoms with Crippen LogP contribution in [0.5, 0.6) is 0 Å². The van der Waals surface area contributed by atoms with Crippen molar-refractivity contribution in [2.24, 2.45) is 8.73 Å². The summed E-state index contributed by atoms with van der Waals surface area (Å²) in [5, 5.41) is 0. The van der Waals surface area contributed by atoms with E-state index in [0.717, 1.165) is 113 Å². The molecule has 0 saturated carbocycles. The van der Waals surface area contributed by atoms with E-state index in [4.69, 9.17) is 17.5 Å². The molecule has 0 bridgehead atoms. The zero-order valence-corrected chi connectivity index (χ0v) is 31.8. The van der Waals surface area contributed by atoms with Crippen molar-refractivity contribution in [3.63, 3.8) is 0 Å². The fourth-order valence-electron chi connectivity index (χ4n) is 6.13. The number of allylic oxidation sites excluding steroid dienone is 2. The van der Waals surface area contributed by atoms with Crippen molar-refractivity contribution in [1.82, 2.24) is 8.75 Å². The molecule has 0 radical (unpaired) electrons. The van der Waals surface area contributed by atoms with Gasteiger partial charge in [0.15, 0.2) is 11.7 Å². The lowest BCUT2D eigenvalue weighted by molar-refractivity contribution is 0.541. The maximum atomic E-state index is 14.8. The number of rotatable bonds is 14. The molecule has 1 aliphatic heterocycles. The standard InChI is InChI=1S/C40H34F4N4S4/c1-3-5-7-9-27(41)35(43)25-15-11-23(12-16-25)29-19-21-31(49-29)33-37-39(47-51-45-37)34(40-38(33)46-52-48-40)32-22-20-30(50-32)24-13-17-26(18-14-24)36(44)28(42)10-8-6-4-2/h11-22H,3-10H2,1-2H3/b35-27-,36-28+. The van der Waals surface area contributed by atoms with Gasteiger partial charge in [-0.3, -0.25) is 0 Å². The average Bonchev–Trinajstić information content (AvgIpc) is 4.01. The quantitative estimate of drug-likeness (QED) is 0.0816. The van der Waals surface area contributed by atoms with E-state index < -0.39 is 23.3 Å². The van der Waals surface area contributed by atoms with Gasteiger partial charge in [-0.05, 0) is 48.2 Å². The Morgan fingerprint density at radius 2 is 0.923 bits per heavy atom. The number of benzene rings is 3. The first-order chi connectivity index (χ1) is 25.4. The van der Waals surface area contributed by atoms with Gasteiger partial charge in [0.05, 0.1) is 23.1 Å². The molecular weight excluding hydrogens is 741 g/mol. The van der Waals surface area contributed by atoms with Crippen LogP contribution in [-0.4, -0.2) is 8.75 Å². The average molecular weight is 775 g/mol. The van der Waals surface area contributed by atoms with Gasteiger partial charge in [-0.2, -0.15) is 17.5 Å². The Labute approximate surface area is 315 Å². The number of fused-ring (bicyclic) bond motifs is 2. The van der Waals surface area contributed by atoms with E-state index in [0.29, 0.717) is 12.8 Å². The second kappa shape index (κ2) is 16.3. The SMILES string of the molecule is CCCCC/C(F)=C(/F)c1ccc(-c2ccc(-c3c4c(c(-c5ccc(-c6ccc(/C(F)=C(\F)CCCCC)cc6)s5)c5nsnc35)N=S=N4)s2)cc1.